The fraction of sp³-hybridized carbons (Fsp3) is 0.708. The summed E-state index contributed by atoms with van der Waals surface area (Å²) in [5.41, 5.74) is -0.0000679. The number of carbonyl (C=O) groups is 1. The summed E-state index contributed by atoms with van der Waals surface area (Å²) in [6, 6.07) is 1.99. The van der Waals surface area contributed by atoms with Gasteiger partial charge < -0.3 is 19.5 Å². The van der Waals surface area contributed by atoms with E-state index in [-0.39, 0.29) is 4.75 Å². The third-order valence-electron chi connectivity index (χ3n) is 4.09. The zero-order valence-electron chi connectivity index (χ0n) is 23.7. The number of rotatable bonds is 6. The number of amides is 1. The first-order valence-electron chi connectivity index (χ1n) is 11.5. The van der Waals surface area contributed by atoms with Crippen molar-refractivity contribution >= 4 is 23.7 Å². The molecule has 2 N–H and O–H groups in total. The largest absolute Gasteiger partial charge is 0.444 e. The number of alkyl halides is 3. The summed E-state index contributed by atoms with van der Waals surface area (Å²) in [7, 11) is 4.29. The number of halogens is 3. The van der Waals surface area contributed by atoms with Gasteiger partial charge in [-0.1, -0.05) is 11.9 Å². The first-order valence-corrected chi connectivity index (χ1v) is 12.3. The first kappa shape index (κ1) is 34.9. The van der Waals surface area contributed by atoms with E-state index in [0.29, 0.717) is 13.1 Å². The first-order chi connectivity index (χ1) is 16.7. The highest BCUT2D eigenvalue weighted by Crippen LogP contribution is 2.31. The van der Waals surface area contributed by atoms with Crippen LogP contribution in [-0.4, -0.2) is 64.1 Å². The van der Waals surface area contributed by atoms with E-state index in [1.165, 1.54) is 0 Å². The highest BCUT2D eigenvalue weighted by molar-refractivity contribution is 7.98. The van der Waals surface area contributed by atoms with Crippen molar-refractivity contribution in [2.24, 2.45) is 0 Å². The molecule has 0 aromatic carbocycles. The Morgan fingerprint density at radius 3 is 2.03 bits per heavy atom. The van der Waals surface area contributed by atoms with Crippen LogP contribution in [0, 0.1) is 0 Å². The standard InChI is InChI=1S/C17H27N5O2S.C5H9F3O.C2H6O/c1-16(2,3)24-15(23)18-10-13-11-22-14(21-13)7-12(8-19-22)9-20-25-17(4,5)6;1-4(2,9-3)5(6,7)8;1-3-2/h7-8,11,20H,9-10H2,1-6H3,(H,18,23);1-3H3;1-2H3. The Morgan fingerprint density at radius 2 is 1.59 bits per heavy atom. The molecule has 0 aliphatic carbocycles. The Labute approximate surface area is 222 Å². The molecule has 2 rings (SSSR count). The van der Waals surface area contributed by atoms with Crippen molar-refractivity contribution in [1.82, 2.24) is 24.6 Å². The molecule has 0 radical (unpaired) electrons. The van der Waals surface area contributed by atoms with Crippen LogP contribution in [0.3, 0.4) is 0 Å². The Kier molecular flexibility index (Phi) is 13.9. The van der Waals surface area contributed by atoms with E-state index in [1.807, 2.05) is 33.0 Å². The van der Waals surface area contributed by atoms with Gasteiger partial charge in [0.2, 0.25) is 0 Å². The molecule has 13 heteroatoms. The number of ether oxygens (including phenoxy) is 3. The average molecular weight is 554 g/mol. The lowest BCUT2D eigenvalue weighted by molar-refractivity contribution is -0.255. The third-order valence-corrected chi connectivity index (χ3v) is 4.99. The van der Waals surface area contributed by atoms with Gasteiger partial charge in [0.1, 0.15) is 5.60 Å². The normalized spacial score (nSPS) is 12.3. The lowest BCUT2D eigenvalue weighted by atomic mass is 10.1. The maximum absolute atomic E-state index is 11.7. The van der Waals surface area contributed by atoms with E-state index in [2.05, 4.69) is 50.4 Å². The summed E-state index contributed by atoms with van der Waals surface area (Å²) < 4.78 is 54.0. The van der Waals surface area contributed by atoms with Crippen molar-refractivity contribution in [2.45, 2.75) is 90.6 Å². The Balaban J connectivity index is 0.000000904. The fourth-order valence-corrected chi connectivity index (χ4v) is 2.75. The van der Waals surface area contributed by atoms with Gasteiger partial charge in [-0.2, -0.15) is 18.3 Å². The van der Waals surface area contributed by atoms with Crippen LogP contribution in [-0.2, 0) is 27.3 Å². The van der Waals surface area contributed by atoms with Gasteiger partial charge in [0, 0.05) is 32.6 Å². The number of fused-ring (bicyclic) bond motifs is 1. The molecular weight excluding hydrogens is 511 g/mol. The lowest BCUT2D eigenvalue weighted by Gasteiger charge is -2.25. The predicted molar refractivity (Wildman–Crippen MR) is 140 cm³/mol. The second kappa shape index (κ2) is 14.7. The van der Waals surface area contributed by atoms with Gasteiger partial charge in [-0.3, -0.25) is 4.72 Å². The van der Waals surface area contributed by atoms with Crippen molar-refractivity contribution in [1.29, 1.82) is 0 Å². The fourth-order valence-electron chi connectivity index (χ4n) is 2.08. The molecule has 0 unspecified atom stereocenters. The predicted octanol–water partition coefficient (Wildman–Crippen LogP) is 5.53. The quantitative estimate of drug-likeness (QED) is 0.451. The van der Waals surface area contributed by atoms with Crippen molar-refractivity contribution in [3.63, 3.8) is 0 Å². The Hall–Kier alpha value is -2.09. The van der Waals surface area contributed by atoms with Gasteiger partial charge in [-0.25, -0.2) is 14.3 Å². The zero-order valence-corrected chi connectivity index (χ0v) is 24.5. The molecule has 0 aliphatic heterocycles. The number of hydrogen-bond donors (Lipinski definition) is 2. The Bertz CT molecular complexity index is 954. The van der Waals surface area contributed by atoms with Crippen LogP contribution in [0.4, 0.5) is 18.0 Å². The van der Waals surface area contributed by atoms with Crippen molar-refractivity contribution in [2.75, 3.05) is 21.3 Å². The van der Waals surface area contributed by atoms with E-state index in [1.54, 1.807) is 36.9 Å². The summed E-state index contributed by atoms with van der Waals surface area (Å²) in [6.45, 7) is 14.9. The summed E-state index contributed by atoms with van der Waals surface area (Å²) in [6.07, 6.45) is -1.12. The van der Waals surface area contributed by atoms with E-state index < -0.39 is 23.5 Å². The smallest absolute Gasteiger partial charge is 0.416 e. The van der Waals surface area contributed by atoms with E-state index in [9.17, 15) is 18.0 Å². The minimum absolute atomic E-state index is 0.158. The highest BCUT2D eigenvalue weighted by atomic mass is 32.2. The Morgan fingerprint density at radius 1 is 1.03 bits per heavy atom. The molecule has 1 amide bonds. The molecule has 2 heterocycles. The molecule has 2 aromatic rings. The average Bonchev–Trinajstić information content (AvgIpc) is 3.12. The van der Waals surface area contributed by atoms with Crippen LogP contribution < -0.4 is 10.0 Å². The molecule has 0 spiro atoms. The summed E-state index contributed by atoms with van der Waals surface area (Å²) in [5, 5.41) is 7.07. The van der Waals surface area contributed by atoms with Gasteiger partial charge in [0.05, 0.1) is 24.6 Å². The molecule has 0 aliphatic rings. The van der Waals surface area contributed by atoms with Crippen LogP contribution in [0.1, 0.15) is 66.6 Å². The van der Waals surface area contributed by atoms with Crippen LogP contribution in [0.5, 0.6) is 0 Å². The number of nitrogens with one attached hydrogen (secondary N) is 2. The second-order valence-corrected chi connectivity index (χ2v) is 12.1. The molecule has 2 aromatic heterocycles. The van der Waals surface area contributed by atoms with Crippen molar-refractivity contribution in [3.05, 3.63) is 29.7 Å². The summed E-state index contributed by atoms with van der Waals surface area (Å²) in [5.74, 6) is 0. The van der Waals surface area contributed by atoms with Gasteiger partial charge in [-0.15, -0.1) is 0 Å². The summed E-state index contributed by atoms with van der Waals surface area (Å²) >= 11 is 1.69. The number of alkyl carbamates (subject to hydrolysis) is 1. The number of imidazole rings is 1. The maximum Gasteiger partial charge on any atom is 0.416 e. The lowest BCUT2D eigenvalue weighted by Crippen LogP contribution is -2.40. The number of carbonyl (C=O) groups excluding carboxylic acids is 1. The van der Waals surface area contributed by atoms with Gasteiger partial charge in [-0.05, 0) is 67.0 Å². The third kappa shape index (κ3) is 15.0. The number of methoxy groups -OCH3 is 2. The van der Waals surface area contributed by atoms with Gasteiger partial charge in [0.25, 0.3) is 0 Å². The van der Waals surface area contributed by atoms with E-state index in [4.69, 9.17) is 4.74 Å². The summed E-state index contributed by atoms with van der Waals surface area (Å²) in [4.78, 5) is 16.2. The minimum atomic E-state index is -4.28. The highest BCUT2D eigenvalue weighted by Gasteiger charge is 2.47. The topological polar surface area (TPSA) is 99.0 Å². The van der Waals surface area contributed by atoms with Crippen LogP contribution in [0.2, 0.25) is 0 Å². The molecule has 37 heavy (non-hydrogen) atoms. The monoisotopic (exact) mass is 553 g/mol. The molecular formula is C24H42F3N5O4S. The van der Waals surface area contributed by atoms with E-state index >= 15 is 0 Å². The molecule has 9 nitrogen and oxygen atoms in total. The number of nitrogens with zero attached hydrogens (tertiary/aromatic N) is 3. The second-order valence-electron chi connectivity index (χ2n) is 10.4. The molecule has 0 bridgehead atoms. The van der Waals surface area contributed by atoms with Gasteiger partial charge in [0.15, 0.2) is 11.2 Å². The maximum atomic E-state index is 11.7. The SMILES string of the molecule is CC(C)(C)OC(=O)NCc1cn2ncc(CNSC(C)(C)C)cc2n1.COC.COC(C)(C)C(F)(F)F. The molecule has 214 valence electrons. The van der Waals surface area contributed by atoms with Crippen LogP contribution >= 0.6 is 11.9 Å². The minimum Gasteiger partial charge on any atom is -0.444 e. The molecule has 0 saturated heterocycles. The van der Waals surface area contributed by atoms with Crippen molar-refractivity contribution < 1.29 is 32.2 Å². The molecule has 0 fully saturated rings. The van der Waals surface area contributed by atoms with Gasteiger partial charge >= 0.3 is 12.3 Å². The number of aromatic nitrogens is 3. The number of hydrogen-bond acceptors (Lipinski definition) is 8. The zero-order chi connectivity index (χ0) is 29.1. The van der Waals surface area contributed by atoms with E-state index in [0.717, 1.165) is 37.9 Å². The molecule has 0 saturated carbocycles. The molecule has 0 atom stereocenters. The van der Waals surface area contributed by atoms with Crippen LogP contribution in [0.25, 0.3) is 5.65 Å². The van der Waals surface area contributed by atoms with Crippen molar-refractivity contribution in [3.8, 4) is 0 Å². The van der Waals surface area contributed by atoms with Crippen LogP contribution in [0.15, 0.2) is 18.5 Å².